The molecule has 104 valence electrons. The number of carboxylic acid groups (broad SMARTS) is 1. The Hall–Kier alpha value is -1.21. The summed E-state index contributed by atoms with van der Waals surface area (Å²) in [4.78, 5) is 21.9. The van der Waals surface area contributed by atoms with Crippen LogP contribution in [0.4, 0.5) is 22.0 Å². The number of rotatable bonds is 3. The number of hydrogen-bond donors (Lipinski definition) is 1. The minimum absolute atomic E-state index is 0.278. The van der Waals surface area contributed by atoms with Crippen molar-refractivity contribution in [2.24, 2.45) is 5.41 Å². The Morgan fingerprint density at radius 3 is 1.94 bits per heavy atom. The maximum absolute atomic E-state index is 12.9. The van der Waals surface area contributed by atoms with Crippen LogP contribution in [0.3, 0.4) is 0 Å². The molecular weight excluding hydrogens is 263 g/mol. The van der Waals surface area contributed by atoms with Crippen LogP contribution in [0.15, 0.2) is 0 Å². The molecule has 0 atom stereocenters. The second-order valence-corrected chi connectivity index (χ2v) is 4.50. The Balaban J connectivity index is 2.95. The summed E-state index contributed by atoms with van der Waals surface area (Å²) in [6.45, 7) is 0. The fraction of sp³-hybridized carbons (Fsp3) is 0.800. The van der Waals surface area contributed by atoms with Crippen LogP contribution in [-0.4, -0.2) is 29.0 Å². The van der Waals surface area contributed by atoms with E-state index in [1.165, 1.54) is 0 Å². The fourth-order valence-corrected chi connectivity index (χ4v) is 2.00. The Bertz CT molecular complexity index is 351. The van der Waals surface area contributed by atoms with Crippen LogP contribution in [0.25, 0.3) is 0 Å². The molecule has 3 nitrogen and oxygen atoms in total. The third kappa shape index (κ3) is 2.78. The molecule has 18 heavy (non-hydrogen) atoms. The lowest BCUT2D eigenvalue weighted by Gasteiger charge is -2.35. The monoisotopic (exact) mass is 274 g/mol. The van der Waals surface area contributed by atoms with Gasteiger partial charge in [-0.05, 0) is 12.8 Å². The van der Waals surface area contributed by atoms with E-state index in [4.69, 9.17) is 5.11 Å². The van der Waals surface area contributed by atoms with Gasteiger partial charge in [0.15, 0.2) is 0 Å². The van der Waals surface area contributed by atoms with E-state index < -0.39 is 42.7 Å². The molecule has 0 heterocycles. The lowest BCUT2D eigenvalue weighted by atomic mass is 9.70. The first-order valence-electron chi connectivity index (χ1n) is 5.20. The predicted molar refractivity (Wildman–Crippen MR) is 49.2 cm³/mol. The zero-order chi connectivity index (χ0) is 14.2. The van der Waals surface area contributed by atoms with Gasteiger partial charge < -0.3 is 5.11 Å². The summed E-state index contributed by atoms with van der Waals surface area (Å²) in [5.74, 6) is -7.09. The van der Waals surface area contributed by atoms with Gasteiger partial charge in [0.1, 0.15) is 5.78 Å². The van der Waals surface area contributed by atoms with Crippen LogP contribution in [0, 0.1) is 5.41 Å². The fourth-order valence-electron chi connectivity index (χ4n) is 2.00. The molecule has 1 fully saturated rings. The summed E-state index contributed by atoms with van der Waals surface area (Å²) in [5, 5.41) is 8.89. The maximum Gasteiger partial charge on any atom is 0.453 e. The van der Waals surface area contributed by atoms with Gasteiger partial charge in [0.05, 0.1) is 5.41 Å². The molecule has 0 bridgehead atoms. The van der Waals surface area contributed by atoms with Crippen molar-refractivity contribution >= 4 is 11.8 Å². The highest BCUT2D eigenvalue weighted by Gasteiger charge is 2.62. The van der Waals surface area contributed by atoms with E-state index in [1.54, 1.807) is 0 Å². The molecule has 0 radical (unpaired) electrons. The van der Waals surface area contributed by atoms with Crippen molar-refractivity contribution in [2.45, 2.75) is 44.2 Å². The molecule has 1 saturated carbocycles. The lowest BCUT2D eigenvalue weighted by Crippen LogP contribution is -2.46. The molecule has 0 saturated heterocycles. The first-order valence-corrected chi connectivity index (χ1v) is 5.20. The van der Waals surface area contributed by atoms with Gasteiger partial charge in [0.25, 0.3) is 0 Å². The molecule has 0 aromatic heterocycles. The summed E-state index contributed by atoms with van der Waals surface area (Å²) in [6.07, 6.45) is -9.11. The number of Topliss-reactive ketones (excluding diaryl/α,β-unsaturated/α-hetero) is 1. The highest BCUT2D eigenvalue weighted by molar-refractivity contribution is 5.83. The standard InChI is InChI=1S/C10H11F5O3/c11-9(12,10(13,14)15)5-8(7(17)18)3-1-6(16)2-4-8/h1-5H2,(H,17,18). The molecule has 0 aliphatic heterocycles. The SMILES string of the molecule is O=C1CCC(CC(F)(F)C(F)(F)F)(C(=O)O)CC1. The topological polar surface area (TPSA) is 54.4 Å². The third-order valence-electron chi connectivity index (χ3n) is 3.19. The van der Waals surface area contributed by atoms with E-state index in [0.29, 0.717) is 0 Å². The largest absolute Gasteiger partial charge is 0.481 e. The Morgan fingerprint density at radius 2 is 1.61 bits per heavy atom. The van der Waals surface area contributed by atoms with E-state index in [2.05, 4.69) is 0 Å². The van der Waals surface area contributed by atoms with Crippen molar-refractivity contribution < 1.29 is 36.6 Å². The number of carbonyl (C=O) groups is 2. The van der Waals surface area contributed by atoms with Gasteiger partial charge in [-0.1, -0.05) is 0 Å². The van der Waals surface area contributed by atoms with Crippen LogP contribution < -0.4 is 0 Å². The minimum atomic E-state index is -5.78. The van der Waals surface area contributed by atoms with Crippen LogP contribution >= 0.6 is 0 Å². The van der Waals surface area contributed by atoms with Gasteiger partial charge in [0.2, 0.25) is 0 Å². The van der Waals surface area contributed by atoms with Gasteiger partial charge in [-0.15, -0.1) is 0 Å². The number of alkyl halides is 5. The lowest BCUT2D eigenvalue weighted by molar-refractivity contribution is -0.293. The summed E-state index contributed by atoms with van der Waals surface area (Å²) >= 11 is 0. The molecule has 1 rings (SSSR count). The number of carboxylic acids is 1. The minimum Gasteiger partial charge on any atom is -0.481 e. The zero-order valence-corrected chi connectivity index (χ0v) is 9.19. The molecule has 0 aromatic carbocycles. The van der Waals surface area contributed by atoms with Gasteiger partial charge in [0, 0.05) is 19.3 Å². The predicted octanol–water partition coefficient (Wildman–Crippen LogP) is 2.79. The van der Waals surface area contributed by atoms with Crippen molar-refractivity contribution in [2.75, 3.05) is 0 Å². The van der Waals surface area contributed by atoms with Crippen molar-refractivity contribution in [3.63, 3.8) is 0 Å². The average molecular weight is 274 g/mol. The molecule has 1 aliphatic carbocycles. The van der Waals surface area contributed by atoms with Gasteiger partial charge in [-0.3, -0.25) is 9.59 Å². The maximum atomic E-state index is 12.9. The van der Waals surface area contributed by atoms with Crippen LogP contribution in [-0.2, 0) is 9.59 Å². The number of hydrogen-bond acceptors (Lipinski definition) is 2. The summed E-state index contributed by atoms with van der Waals surface area (Å²) in [5.41, 5.74) is -2.17. The van der Waals surface area contributed by atoms with E-state index in [-0.39, 0.29) is 18.6 Å². The Morgan fingerprint density at radius 1 is 1.17 bits per heavy atom. The van der Waals surface area contributed by atoms with Crippen LogP contribution in [0.1, 0.15) is 32.1 Å². The smallest absolute Gasteiger partial charge is 0.453 e. The highest BCUT2D eigenvalue weighted by Crippen LogP contribution is 2.48. The third-order valence-corrected chi connectivity index (χ3v) is 3.19. The molecule has 1 aliphatic rings. The summed E-state index contributed by atoms with van der Waals surface area (Å²) in [6, 6.07) is 0. The van der Waals surface area contributed by atoms with Crippen molar-refractivity contribution in [1.82, 2.24) is 0 Å². The normalized spacial score (nSPS) is 20.8. The van der Waals surface area contributed by atoms with E-state index in [1.807, 2.05) is 0 Å². The molecule has 0 unspecified atom stereocenters. The van der Waals surface area contributed by atoms with E-state index in [9.17, 15) is 31.5 Å². The average Bonchev–Trinajstić information content (AvgIpc) is 2.19. The molecule has 0 aromatic rings. The van der Waals surface area contributed by atoms with Crippen molar-refractivity contribution in [1.29, 1.82) is 0 Å². The number of carbonyl (C=O) groups excluding carboxylic acids is 1. The number of ketones is 1. The van der Waals surface area contributed by atoms with Gasteiger partial charge in [-0.2, -0.15) is 22.0 Å². The zero-order valence-electron chi connectivity index (χ0n) is 9.19. The second-order valence-electron chi connectivity index (χ2n) is 4.50. The first kappa shape index (κ1) is 14.8. The van der Waals surface area contributed by atoms with Crippen molar-refractivity contribution in [3.8, 4) is 0 Å². The molecule has 8 heteroatoms. The quantitative estimate of drug-likeness (QED) is 0.805. The molecular formula is C10H11F5O3. The molecule has 0 spiro atoms. The van der Waals surface area contributed by atoms with E-state index >= 15 is 0 Å². The molecule has 0 amide bonds. The summed E-state index contributed by atoms with van der Waals surface area (Å²) in [7, 11) is 0. The first-order chi connectivity index (χ1) is 8.00. The number of halogens is 5. The molecule has 1 N–H and O–H groups in total. The Kier molecular flexibility index (Phi) is 3.69. The summed E-state index contributed by atoms with van der Waals surface area (Å²) < 4.78 is 62.2. The van der Waals surface area contributed by atoms with E-state index in [0.717, 1.165) is 0 Å². The van der Waals surface area contributed by atoms with Crippen molar-refractivity contribution in [3.05, 3.63) is 0 Å². The van der Waals surface area contributed by atoms with Crippen LogP contribution in [0.2, 0.25) is 0 Å². The van der Waals surface area contributed by atoms with Crippen LogP contribution in [0.5, 0.6) is 0 Å². The van der Waals surface area contributed by atoms with Gasteiger partial charge >= 0.3 is 18.1 Å². The number of aliphatic carboxylic acids is 1. The van der Waals surface area contributed by atoms with Gasteiger partial charge in [-0.25, -0.2) is 0 Å². The highest BCUT2D eigenvalue weighted by atomic mass is 19.4. The Labute approximate surface area is 99.0 Å². The second kappa shape index (κ2) is 4.47.